The maximum Gasteiger partial charge on any atom is 0.317 e. The van der Waals surface area contributed by atoms with Crippen LogP contribution < -0.4 is 0 Å². The van der Waals surface area contributed by atoms with Crippen LogP contribution in [0.3, 0.4) is 0 Å². The van der Waals surface area contributed by atoms with Crippen LogP contribution >= 0.6 is 0 Å². The van der Waals surface area contributed by atoms with Crippen molar-refractivity contribution >= 4 is 16.9 Å². The molecule has 25 heavy (non-hydrogen) atoms. The van der Waals surface area contributed by atoms with Gasteiger partial charge in [-0.2, -0.15) is 0 Å². The van der Waals surface area contributed by atoms with E-state index in [1.165, 1.54) is 6.07 Å². The number of benzene rings is 1. The Kier molecular flexibility index (Phi) is 5.60. The molecule has 1 aromatic carbocycles. The Bertz CT molecular complexity index is 753. The predicted molar refractivity (Wildman–Crippen MR) is 94.9 cm³/mol. The van der Waals surface area contributed by atoms with Crippen molar-refractivity contribution in [3.8, 4) is 0 Å². The van der Waals surface area contributed by atoms with E-state index in [1.54, 1.807) is 12.3 Å². The first-order chi connectivity index (χ1) is 12.0. The summed E-state index contributed by atoms with van der Waals surface area (Å²) in [6.07, 6.45) is 4.66. The Hall–Kier alpha value is -2.05. The van der Waals surface area contributed by atoms with Gasteiger partial charge in [0.1, 0.15) is 5.82 Å². The molecule has 3 rings (SSSR count). The molecule has 1 aliphatic rings. The Labute approximate surface area is 147 Å². The number of aliphatic carboxylic acids is 1. The number of halogens is 1. The van der Waals surface area contributed by atoms with Crippen molar-refractivity contribution in [2.45, 2.75) is 31.8 Å². The zero-order valence-corrected chi connectivity index (χ0v) is 14.5. The monoisotopic (exact) mass is 345 g/mol. The van der Waals surface area contributed by atoms with Gasteiger partial charge in [0.05, 0.1) is 12.1 Å². The minimum absolute atomic E-state index is 0.0725. The van der Waals surface area contributed by atoms with Gasteiger partial charge in [-0.15, -0.1) is 0 Å². The maximum absolute atomic E-state index is 13.9. The van der Waals surface area contributed by atoms with Crippen LogP contribution in [-0.4, -0.2) is 58.6 Å². The summed E-state index contributed by atoms with van der Waals surface area (Å²) in [6, 6.07) is 7.08. The summed E-state index contributed by atoms with van der Waals surface area (Å²) in [5.41, 5.74) is 1.76. The summed E-state index contributed by atoms with van der Waals surface area (Å²) < 4.78 is 13.9. The van der Waals surface area contributed by atoms with Gasteiger partial charge in [0.25, 0.3) is 0 Å². The molecule has 0 bridgehead atoms. The molecule has 1 aromatic heterocycles. The molecule has 1 N–H and O–H groups in total. The molecule has 2 heterocycles. The summed E-state index contributed by atoms with van der Waals surface area (Å²) in [6.45, 7) is 2.55. The van der Waals surface area contributed by atoms with Crippen LogP contribution in [0.15, 0.2) is 30.5 Å². The number of carboxylic acids is 1. The van der Waals surface area contributed by atoms with Crippen molar-refractivity contribution in [3.63, 3.8) is 0 Å². The van der Waals surface area contributed by atoms with Crippen molar-refractivity contribution in [3.05, 3.63) is 41.8 Å². The third-order valence-electron chi connectivity index (χ3n) is 4.94. The van der Waals surface area contributed by atoms with Gasteiger partial charge in [-0.3, -0.25) is 19.6 Å². The van der Waals surface area contributed by atoms with Gasteiger partial charge in [0, 0.05) is 24.2 Å². The molecular formula is C19H24FN3O2. The molecule has 1 unspecified atom stereocenters. The lowest BCUT2D eigenvalue weighted by atomic mass is 10.1. The van der Waals surface area contributed by atoms with E-state index in [1.807, 2.05) is 24.1 Å². The number of aromatic nitrogens is 1. The van der Waals surface area contributed by atoms with Crippen molar-refractivity contribution < 1.29 is 14.3 Å². The van der Waals surface area contributed by atoms with Crippen LogP contribution in [0, 0.1) is 5.82 Å². The molecule has 1 aliphatic heterocycles. The van der Waals surface area contributed by atoms with Crippen LogP contribution in [0.5, 0.6) is 0 Å². The third-order valence-corrected chi connectivity index (χ3v) is 4.94. The molecule has 0 saturated carbocycles. The maximum atomic E-state index is 13.9. The van der Waals surface area contributed by atoms with Gasteiger partial charge in [0.15, 0.2) is 0 Å². The predicted octanol–water partition coefficient (Wildman–Crippen LogP) is 2.74. The third kappa shape index (κ3) is 4.52. The van der Waals surface area contributed by atoms with Crippen LogP contribution in [0.25, 0.3) is 10.9 Å². The van der Waals surface area contributed by atoms with Crippen molar-refractivity contribution in [2.24, 2.45) is 0 Å². The fraction of sp³-hybridized carbons (Fsp3) is 0.474. The summed E-state index contributed by atoms with van der Waals surface area (Å²) in [7, 11) is 1.87. The molecular weight excluding hydrogens is 321 g/mol. The molecule has 0 radical (unpaired) electrons. The second-order valence-corrected chi connectivity index (χ2v) is 6.81. The lowest BCUT2D eigenvalue weighted by Crippen LogP contribution is -2.36. The largest absolute Gasteiger partial charge is 0.480 e. The SMILES string of the molecule is CN(CC(=O)O)C1CCCN(Cc2cc(F)cc3cccnc23)CC1. The summed E-state index contributed by atoms with van der Waals surface area (Å²) >= 11 is 0. The van der Waals surface area contributed by atoms with Crippen molar-refractivity contribution in [2.75, 3.05) is 26.7 Å². The zero-order chi connectivity index (χ0) is 17.8. The minimum Gasteiger partial charge on any atom is -0.480 e. The number of rotatable bonds is 5. The van der Waals surface area contributed by atoms with Crippen molar-refractivity contribution in [1.82, 2.24) is 14.8 Å². The lowest BCUT2D eigenvalue weighted by molar-refractivity contribution is -0.138. The Morgan fingerprint density at radius 1 is 1.40 bits per heavy atom. The van der Waals surface area contributed by atoms with Crippen LogP contribution in [0.2, 0.25) is 0 Å². The molecule has 134 valence electrons. The molecule has 2 aromatic rings. The van der Waals surface area contributed by atoms with E-state index in [9.17, 15) is 9.18 Å². The quantitative estimate of drug-likeness (QED) is 0.903. The molecule has 0 spiro atoms. The summed E-state index contributed by atoms with van der Waals surface area (Å²) in [4.78, 5) is 19.6. The average molecular weight is 345 g/mol. The Morgan fingerprint density at radius 2 is 2.24 bits per heavy atom. The highest BCUT2D eigenvalue weighted by Gasteiger charge is 2.22. The van der Waals surface area contributed by atoms with Gasteiger partial charge in [0.2, 0.25) is 0 Å². The van der Waals surface area contributed by atoms with Gasteiger partial charge in [-0.1, -0.05) is 6.07 Å². The fourth-order valence-corrected chi connectivity index (χ4v) is 3.67. The molecule has 0 aliphatic carbocycles. The van der Waals surface area contributed by atoms with E-state index < -0.39 is 5.97 Å². The number of hydrogen-bond acceptors (Lipinski definition) is 4. The average Bonchev–Trinajstić information content (AvgIpc) is 2.80. The smallest absolute Gasteiger partial charge is 0.317 e. The van der Waals surface area contributed by atoms with Gasteiger partial charge in [-0.05, 0) is 63.2 Å². The van der Waals surface area contributed by atoms with Gasteiger partial charge in [-0.25, -0.2) is 4.39 Å². The number of carboxylic acid groups (broad SMARTS) is 1. The highest BCUT2D eigenvalue weighted by molar-refractivity contribution is 5.81. The number of likely N-dealkylation sites (N-methyl/N-ethyl adjacent to an activating group) is 1. The van der Waals surface area contributed by atoms with Crippen LogP contribution in [0.4, 0.5) is 4.39 Å². The zero-order valence-electron chi connectivity index (χ0n) is 14.5. The minimum atomic E-state index is -0.791. The topological polar surface area (TPSA) is 56.7 Å². The molecule has 1 atom stereocenters. The molecule has 1 fully saturated rings. The fourth-order valence-electron chi connectivity index (χ4n) is 3.67. The van der Waals surface area contributed by atoms with Gasteiger partial charge >= 0.3 is 5.97 Å². The molecule has 1 saturated heterocycles. The van der Waals surface area contributed by atoms with E-state index in [-0.39, 0.29) is 18.4 Å². The number of likely N-dealkylation sites (tertiary alicyclic amines) is 1. The summed E-state index contributed by atoms with van der Waals surface area (Å²) in [5.74, 6) is -1.02. The number of fused-ring (bicyclic) bond motifs is 1. The van der Waals surface area contributed by atoms with E-state index in [0.29, 0.717) is 6.54 Å². The normalized spacial score (nSPS) is 19.2. The van der Waals surface area contributed by atoms with E-state index in [0.717, 1.165) is 48.8 Å². The number of hydrogen-bond donors (Lipinski definition) is 1. The summed E-state index contributed by atoms with van der Waals surface area (Å²) in [5, 5.41) is 9.79. The highest BCUT2D eigenvalue weighted by atomic mass is 19.1. The lowest BCUT2D eigenvalue weighted by Gasteiger charge is -2.25. The van der Waals surface area contributed by atoms with E-state index in [4.69, 9.17) is 5.11 Å². The Balaban J connectivity index is 1.69. The Morgan fingerprint density at radius 3 is 3.04 bits per heavy atom. The van der Waals surface area contributed by atoms with Gasteiger partial charge < -0.3 is 5.11 Å². The number of pyridine rings is 1. The van der Waals surface area contributed by atoms with Crippen molar-refractivity contribution in [1.29, 1.82) is 0 Å². The second kappa shape index (κ2) is 7.89. The molecule has 0 amide bonds. The van der Waals surface area contributed by atoms with Crippen LogP contribution in [-0.2, 0) is 11.3 Å². The second-order valence-electron chi connectivity index (χ2n) is 6.81. The first kappa shape index (κ1) is 17.8. The molecule has 5 nitrogen and oxygen atoms in total. The molecule has 6 heteroatoms. The number of carbonyl (C=O) groups is 1. The van der Waals surface area contributed by atoms with E-state index in [2.05, 4.69) is 9.88 Å². The first-order valence-corrected chi connectivity index (χ1v) is 8.70. The highest BCUT2D eigenvalue weighted by Crippen LogP contribution is 2.22. The van der Waals surface area contributed by atoms with Crippen LogP contribution in [0.1, 0.15) is 24.8 Å². The van der Waals surface area contributed by atoms with E-state index >= 15 is 0 Å². The standard InChI is InChI=1S/C19H24FN3O2/c1-22(13-18(24)25)17-5-3-8-23(9-6-17)12-15-11-16(20)10-14-4-2-7-21-19(14)15/h2,4,7,10-11,17H,3,5-6,8-9,12-13H2,1H3,(H,24,25). The number of nitrogens with zero attached hydrogens (tertiary/aromatic N) is 3. The first-order valence-electron chi connectivity index (χ1n) is 8.70.